The molecule has 0 spiro atoms. The fraction of sp³-hybridized carbons (Fsp3) is 0. The Bertz CT molecular complexity index is 2140. The summed E-state index contributed by atoms with van der Waals surface area (Å²) in [5.74, 6) is 0. The standard InChI is InChI=1S/C42H29NS/c1-4-12-30(13-5-1)33-26-34(31-14-6-2-7-15-31)28-35(27-33)32-20-22-37(23-21-32)43(36-16-8-3-9-17-36)38-24-25-40-39-18-10-11-19-41(39)44-42(40)29-38/h1-29H. The van der Waals surface area contributed by atoms with E-state index in [1.807, 2.05) is 11.3 Å². The van der Waals surface area contributed by atoms with Gasteiger partial charge in [-0.25, -0.2) is 0 Å². The van der Waals surface area contributed by atoms with Gasteiger partial charge in [-0.3, -0.25) is 0 Å². The molecule has 0 saturated heterocycles. The summed E-state index contributed by atoms with van der Waals surface area (Å²) in [5, 5.41) is 2.63. The number of rotatable bonds is 6. The first-order valence-electron chi connectivity index (χ1n) is 14.9. The number of hydrogen-bond acceptors (Lipinski definition) is 2. The summed E-state index contributed by atoms with van der Waals surface area (Å²) in [5.41, 5.74) is 10.7. The van der Waals surface area contributed by atoms with E-state index in [0.29, 0.717) is 0 Å². The minimum absolute atomic E-state index is 1.13. The molecule has 1 nitrogen and oxygen atoms in total. The van der Waals surface area contributed by atoms with E-state index in [0.717, 1.165) is 17.1 Å². The van der Waals surface area contributed by atoms with Gasteiger partial charge in [-0.05, 0) is 94.0 Å². The molecule has 208 valence electrons. The first-order chi connectivity index (χ1) is 21.8. The second-order valence-corrected chi connectivity index (χ2v) is 12.1. The summed E-state index contributed by atoms with van der Waals surface area (Å²) in [4.78, 5) is 2.35. The van der Waals surface area contributed by atoms with E-state index < -0.39 is 0 Å². The van der Waals surface area contributed by atoms with Gasteiger partial charge in [0.1, 0.15) is 0 Å². The molecule has 1 aromatic heterocycles. The van der Waals surface area contributed by atoms with Gasteiger partial charge < -0.3 is 4.90 Å². The van der Waals surface area contributed by atoms with Gasteiger partial charge in [0.15, 0.2) is 0 Å². The van der Waals surface area contributed by atoms with Crippen molar-refractivity contribution in [2.75, 3.05) is 4.90 Å². The van der Waals surface area contributed by atoms with Crippen LogP contribution in [0, 0.1) is 0 Å². The van der Waals surface area contributed by atoms with E-state index in [2.05, 4.69) is 181 Å². The Balaban J connectivity index is 1.22. The van der Waals surface area contributed by atoms with E-state index >= 15 is 0 Å². The van der Waals surface area contributed by atoms with Crippen LogP contribution in [-0.4, -0.2) is 0 Å². The molecule has 0 fully saturated rings. The van der Waals surface area contributed by atoms with Crippen LogP contribution in [0.4, 0.5) is 17.1 Å². The fourth-order valence-corrected chi connectivity index (χ4v) is 7.21. The Morgan fingerprint density at radius 2 is 0.750 bits per heavy atom. The molecule has 0 saturated carbocycles. The highest BCUT2D eigenvalue weighted by Gasteiger charge is 2.15. The van der Waals surface area contributed by atoms with E-state index in [-0.39, 0.29) is 0 Å². The maximum Gasteiger partial charge on any atom is 0.0476 e. The summed E-state index contributed by atoms with van der Waals surface area (Å²) in [6.07, 6.45) is 0. The van der Waals surface area contributed by atoms with Crippen molar-refractivity contribution in [1.29, 1.82) is 0 Å². The normalized spacial score (nSPS) is 11.2. The number of fused-ring (bicyclic) bond motifs is 3. The predicted molar refractivity (Wildman–Crippen MR) is 190 cm³/mol. The largest absolute Gasteiger partial charge is 0.310 e. The van der Waals surface area contributed by atoms with Gasteiger partial charge in [-0.1, -0.05) is 115 Å². The fourth-order valence-electron chi connectivity index (χ4n) is 6.07. The summed E-state index contributed by atoms with van der Waals surface area (Å²) >= 11 is 1.86. The SMILES string of the molecule is c1ccc(-c2cc(-c3ccccc3)cc(-c3ccc(N(c4ccccc4)c4ccc5c(c4)sc4ccccc45)cc3)c2)cc1. The first-order valence-corrected chi connectivity index (χ1v) is 15.7. The van der Waals surface area contributed by atoms with Crippen LogP contribution < -0.4 is 4.90 Å². The summed E-state index contributed by atoms with van der Waals surface area (Å²) in [7, 11) is 0. The predicted octanol–water partition coefficient (Wildman–Crippen LogP) is 12.5. The van der Waals surface area contributed by atoms with E-state index in [9.17, 15) is 0 Å². The molecule has 0 N–H and O–H groups in total. The van der Waals surface area contributed by atoms with E-state index in [1.165, 1.54) is 53.6 Å². The zero-order valence-corrected chi connectivity index (χ0v) is 24.9. The summed E-state index contributed by atoms with van der Waals surface area (Å²) < 4.78 is 2.62. The quantitative estimate of drug-likeness (QED) is 0.189. The number of nitrogens with zero attached hydrogens (tertiary/aromatic N) is 1. The smallest absolute Gasteiger partial charge is 0.0476 e. The minimum Gasteiger partial charge on any atom is -0.310 e. The van der Waals surface area contributed by atoms with Crippen molar-refractivity contribution in [3.8, 4) is 33.4 Å². The second kappa shape index (κ2) is 11.3. The topological polar surface area (TPSA) is 3.24 Å². The number of benzene rings is 7. The molecule has 0 bridgehead atoms. The second-order valence-electron chi connectivity index (χ2n) is 11.0. The Morgan fingerprint density at radius 3 is 1.36 bits per heavy atom. The van der Waals surface area contributed by atoms with Gasteiger partial charge in [0.2, 0.25) is 0 Å². The molecule has 8 aromatic rings. The van der Waals surface area contributed by atoms with Crippen molar-refractivity contribution in [2.45, 2.75) is 0 Å². The van der Waals surface area contributed by atoms with Gasteiger partial charge in [0, 0.05) is 37.2 Å². The number of anilines is 3. The lowest BCUT2D eigenvalue weighted by Gasteiger charge is -2.25. The van der Waals surface area contributed by atoms with Crippen molar-refractivity contribution in [3.63, 3.8) is 0 Å². The third-order valence-electron chi connectivity index (χ3n) is 8.24. The average molecular weight is 580 g/mol. The molecular weight excluding hydrogens is 551 g/mol. The van der Waals surface area contributed by atoms with Gasteiger partial charge in [-0.2, -0.15) is 0 Å². The van der Waals surface area contributed by atoms with Crippen LogP contribution in [0.5, 0.6) is 0 Å². The van der Waals surface area contributed by atoms with Gasteiger partial charge in [-0.15, -0.1) is 11.3 Å². The van der Waals surface area contributed by atoms with Crippen molar-refractivity contribution < 1.29 is 0 Å². The Morgan fingerprint density at radius 1 is 0.295 bits per heavy atom. The third-order valence-corrected chi connectivity index (χ3v) is 9.37. The lowest BCUT2D eigenvalue weighted by atomic mass is 9.93. The highest BCUT2D eigenvalue weighted by Crippen LogP contribution is 2.41. The number of hydrogen-bond donors (Lipinski definition) is 0. The lowest BCUT2D eigenvalue weighted by molar-refractivity contribution is 1.29. The first kappa shape index (κ1) is 26.2. The highest BCUT2D eigenvalue weighted by atomic mass is 32.1. The van der Waals surface area contributed by atoms with Gasteiger partial charge >= 0.3 is 0 Å². The molecule has 8 rings (SSSR count). The molecule has 0 amide bonds. The van der Waals surface area contributed by atoms with Crippen LogP contribution in [0.3, 0.4) is 0 Å². The van der Waals surface area contributed by atoms with Crippen molar-refractivity contribution >= 4 is 48.6 Å². The van der Waals surface area contributed by atoms with Gasteiger partial charge in [0.05, 0.1) is 0 Å². The highest BCUT2D eigenvalue weighted by molar-refractivity contribution is 7.25. The molecular formula is C42H29NS. The minimum atomic E-state index is 1.13. The molecule has 44 heavy (non-hydrogen) atoms. The summed E-state index contributed by atoms with van der Waals surface area (Å²) in [6.45, 7) is 0. The molecule has 0 atom stereocenters. The molecule has 0 aliphatic heterocycles. The Hall–Kier alpha value is -5.44. The maximum atomic E-state index is 2.35. The molecule has 7 aromatic carbocycles. The van der Waals surface area contributed by atoms with Crippen LogP contribution in [0.1, 0.15) is 0 Å². The Kier molecular flexibility index (Phi) is 6.75. The number of para-hydroxylation sites is 1. The number of thiophene rings is 1. The molecule has 2 heteroatoms. The van der Waals surface area contributed by atoms with Crippen LogP contribution in [0.15, 0.2) is 176 Å². The third kappa shape index (κ3) is 4.96. The monoisotopic (exact) mass is 579 g/mol. The van der Waals surface area contributed by atoms with Crippen LogP contribution in [-0.2, 0) is 0 Å². The molecule has 0 radical (unpaired) electrons. The molecule has 0 aliphatic rings. The summed E-state index contributed by atoms with van der Waals surface area (Å²) in [6, 6.07) is 63.4. The van der Waals surface area contributed by atoms with Crippen molar-refractivity contribution in [1.82, 2.24) is 0 Å². The molecule has 0 unspecified atom stereocenters. The van der Waals surface area contributed by atoms with Gasteiger partial charge in [0.25, 0.3) is 0 Å². The van der Waals surface area contributed by atoms with Crippen LogP contribution in [0.2, 0.25) is 0 Å². The zero-order valence-electron chi connectivity index (χ0n) is 24.1. The van der Waals surface area contributed by atoms with Crippen LogP contribution in [0.25, 0.3) is 53.6 Å². The van der Waals surface area contributed by atoms with Crippen molar-refractivity contribution in [3.05, 3.63) is 176 Å². The van der Waals surface area contributed by atoms with Crippen LogP contribution >= 0.6 is 11.3 Å². The average Bonchev–Trinajstić information content (AvgIpc) is 3.48. The Labute approximate surface area is 261 Å². The van der Waals surface area contributed by atoms with E-state index in [4.69, 9.17) is 0 Å². The zero-order chi connectivity index (χ0) is 29.3. The maximum absolute atomic E-state index is 2.35. The molecule has 1 heterocycles. The van der Waals surface area contributed by atoms with E-state index in [1.54, 1.807) is 0 Å². The molecule has 0 aliphatic carbocycles. The lowest BCUT2D eigenvalue weighted by Crippen LogP contribution is -2.09. The van der Waals surface area contributed by atoms with Crippen molar-refractivity contribution in [2.24, 2.45) is 0 Å².